The van der Waals surface area contributed by atoms with Crippen molar-refractivity contribution in [2.45, 2.75) is 24.9 Å². The molecule has 8 nitrogen and oxygen atoms in total. The molecule has 0 spiro atoms. The van der Waals surface area contributed by atoms with Crippen molar-refractivity contribution in [3.8, 4) is 0 Å². The van der Waals surface area contributed by atoms with E-state index in [-0.39, 0.29) is 11.6 Å². The van der Waals surface area contributed by atoms with Crippen LogP contribution in [0.2, 0.25) is 0 Å². The first kappa shape index (κ1) is 21.3. The van der Waals surface area contributed by atoms with Gasteiger partial charge in [0.1, 0.15) is 6.04 Å². The quantitative estimate of drug-likeness (QED) is 0.465. The number of hydrogen-bond acceptors (Lipinski definition) is 6. The Balaban J connectivity index is 0.000000263. The molecule has 140 valence electrons. The molecule has 0 fully saturated rings. The number of carbonyl (C=O) groups is 2. The minimum absolute atomic E-state index is 0.0448. The second kappa shape index (κ2) is 11.0. The molecule has 0 radical (unpaired) electrons. The highest BCUT2D eigenvalue weighted by Gasteiger charge is 2.23. The summed E-state index contributed by atoms with van der Waals surface area (Å²) in [7, 11) is 0. The number of carboxylic acids is 2. The van der Waals surface area contributed by atoms with E-state index in [4.69, 9.17) is 26.4 Å². The van der Waals surface area contributed by atoms with Crippen LogP contribution in [0.15, 0.2) is 60.7 Å². The maximum atomic E-state index is 10.6. The van der Waals surface area contributed by atoms with Gasteiger partial charge in [-0.25, -0.2) is 0 Å². The summed E-state index contributed by atoms with van der Waals surface area (Å²) in [4.78, 5) is 21.0. The molecule has 2 aromatic carbocycles. The molecule has 2 aromatic rings. The van der Waals surface area contributed by atoms with Gasteiger partial charge in [-0.3, -0.25) is 20.0 Å². The molecule has 2 rings (SSSR count). The van der Waals surface area contributed by atoms with E-state index in [2.05, 4.69) is 0 Å². The van der Waals surface area contributed by atoms with Gasteiger partial charge in [0.05, 0.1) is 0 Å². The molecule has 0 aliphatic heterocycles. The molecule has 6 N–H and O–H groups in total. The maximum absolute atomic E-state index is 10.6. The van der Waals surface area contributed by atoms with Crippen molar-refractivity contribution in [2.24, 2.45) is 5.73 Å². The van der Waals surface area contributed by atoms with Gasteiger partial charge in [-0.2, -0.15) is 0 Å². The van der Waals surface area contributed by atoms with Crippen LogP contribution in [0.4, 0.5) is 0 Å². The van der Waals surface area contributed by atoms with E-state index in [0.717, 1.165) is 11.1 Å². The summed E-state index contributed by atoms with van der Waals surface area (Å²) in [6.07, 6.45) is 0.430. The number of benzene rings is 2. The monoisotopic (exact) mass is 362 g/mol. The average molecular weight is 362 g/mol. The first-order valence-corrected chi connectivity index (χ1v) is 7.77. The van der Waals surface area contributed by atoms with Crippen LogP contribution in [0.25, 0.3) is 0 Å². The lowest BCUT2D eigenvalue weighted by atomic mass is 10.1. The smallest absolute Gasteiger partial charge is 0.326 e. The zero-order valence-corrected chi connectivity index (χ0v) is 14.0. The van der Waals surface area contributed by atoms with Crippen molar-refractivity contribution >= 4 is 11.9 Å². The van der Waals surface area contributed by atoms with Gasteiger partial charge in [-0.05, 0) is 17.5 Å². The van der Waals surface area contributed by atoms with Gasteiger partial charge in [0, 0.05) is 6.42 Å². The molecule has 0 amide bonds. The second-order valence-electron chi connectivity index (χ2n) is 5.50. The SMILES string of the molecule is NC(Cc1ccccc1)C(=O)O.O=C(O)C(Cc1ccccc1)N(O)O. The molecule has 0 heterocycles. The maximum Gasteiger partial charge on any atom is 0.326 e. The highest BCUT2D eigenvalue weighted by molar-refractivity contribution is 5.73. The van der Waals surface area contributed by atoms with Gasteiger partial charge >= 0.3 is 11.9 Å². The molecule has 26 heavy (non-hydrogen) atoms. The third-order valence-electron chi connectivity index (χ3n) is 3.45. The van der Waals surface area contributed by atoms with Gasteiger partial charge in [0.2, 0.25) is 0 Å². The minimum Gasteiger partial charge on any atom is -0.480 e. The number of hydroxylamine groups is 2. The fourth-order valence-electron chi connectivity index (χ4n) is 2.06. The summed E-state index contributed by atoms with van der Waals surface area (Å²) in [5.41, 5.74) is 7.03. The summed E-state index contributed by atoms with van der Waals surface area (Å²) in [6.45, 7) is 0. The minimum atomic E-state index is -1.34. The van der Waals surface area contributed by atoms with Crippen molar-refractivity contribution in [3.63, 3.8) is 0 Å². The van der Waals surface area contributed by atoms with Crippen molar-refractivity contribution in [3.05, 3.63) is 71.8 Å². The van der Waals surface area contributed by atoms with Crippen LogP contribution in [-0.4, -0.2) is 49.9 Å². The predicted molar refractivity (Wildman–Crippen MR) is 92.7 cm³/mol. The highest BCUT2D eigenvalue weighted by atomic mass is 16.8. The Morgan fingerprint density at radius 2 is 1.23 bits per heavy atom. The van der Waals surface area contributed by atoms with E-state index in [1.54, 1.807) is 30.3 Å². The lowest BCUT2D eigenvalue weighted by molar-refractivity contribution is -0.327. The largest absolute Gasteiger partial charge is 0.480 e. The predicted octanol–water partition coefficient (Wildman–Crippen LogP) is 1.40. The standard InChI is InChI=1S/C9H11NO4.C9H11NO2/c11-9(12)8(10(13)14)6-7-4-2-1-3-5-7;10-8(9(11)12)6-7-4-2-1-3-5-7/h1-5,8,13-14H,6H2,(H,11,12);1-5,8H,6,10H2,(H,11,12). The van der Waals surface area contributed by atoms with E-state index in [1.165, 1.54) is 0 Å². The third-order valence-corrected chi connectivity index (χ3v) is 3.45. The summed E-state index contributed by atoms with van der Waals surface area (Å²) >= 11 is 0. The van der Waals surface area contributed by atoms with Crippen molar-refractivity contribution in [1.82, 2.24) is 5.23 Å². The van der Waals surface area contributed by atoms with Gasteiger partial charge < -0.3 is 15.9 Å². The molecule has 0 aromatic heterocycles. The summed E-state index contributed by atoms with van der Waals surface area (Å²) in [6, 6.07) is 16.0. The number of aliphatic carboxylic acids is 2. The first-order chi connectivity index (χ1) is 12.3. The Labute approximate surface area is 150 Å². The van der Waals surface area contributed by atoms with E-state index < -0.39 is 24.0 Å². The second-order valence-corrected chi connectivity index (χ2v) is 5.50. The average Bonchev–Trinajstić information content (AvgIpc) is 2.61. The highest BCUT2D eigenvalue weighted by Crippen LogP contribution is 2.06. The Morgan fingerprint density at radius 3 is 1.58 bits per heavy atom. The zero-order chi connectivity index (χ0) is 19.5. The molecule has 0 saturated carbocycles. The van der Waals surface area contributed by atoms with Gasteiger partial charge in [-0.15, -0.1) is 0 Å². The molecule has 2 atom stereocenters. The number of carboxylic acid groups (broad SMARTS) is 2. The third kappa shape index (κ3) is 7.86. The zero-order valence-electron chi connectivity index (χ0n) is 14.0. The topological polar surface area (TPSA) is 144 Å². The molecule has 0 bridgehead atoms. The molecule has 2 unspecified atom stereocenters. The summed E-state index contributed by atoms with van der Waals surface area (Å²) in [5, 5.41) is 34.2. The Bertz CT molecular complexity index is 679. The molecule has 0 saturated heterocycles. The molecular weight excluding hydrogens is 340 g/mol. The number of nitrogens with two attached hydrogens (primary N) is 1. The van der Waals surface area contributed by atoms with Crippen molar-refractivity contribution in [2.75, 3.05) is 0 Å². The summed E-state index contributed by atoms with van der Waals surface area (Å²) in [5.74, 6) is -2.24. The van der Waals surface area contributed by atoms with E-state index in [1.807, 2.05) is 30.3 Å². The molecule has 8 heteroatoms. The van der Waals surface area contributed by atoms with Crippen LogP contribution < -0.4 is 5.73 Å². The molecule has 0 aliphatic carbocycles. The van der Waals surface area contributed by atoms with Gasteiger partial charge in [0.25, 0.3) is 0 Å². The Hall–Kier alpha value is -2.78. The normalized spacial score (nSPS) is 12.6. The van der Waals surface area contributed by atoms with Gasteiger partial charge in [-0.1, -0.05) is 65.9 Å². The van der Waals surface area contributed by atoms with E-state index in [0.29, 0.717) is 6.42 Å². The first-order valence-electron chi connectivity index (χ1n) is 7.77. The van der Waals surface area contributed by atoms with E-state index >= 15 is 0 Å². The lowest BCUT2D eigenvalue weighted by Gasteiger charge is -2.15. The van der Waals surface area contributed by atoms with Crippen LogP contribution in [0, 0.1) is 0 Å². The van der Waals surface area contributed by atoms with Crippen molar-refractivity contribution < 1.29 is 30.2 Å². The number of nitrogens with zero attached hydrogens (tertiary/aromatic N) is 1. The van der Waals surface area contributed by atoms with Crippen molar-refractivity contribution in [1.29, 1.82) is 0 Å². The van der Waals surface area contributed by atoms with Crippen LogP contribution in [0.1, 0.15) is 11.1 Å². The fraction of sp³-hybridized carbons (Fsp3) is 0.222. The van der Waals surface area contributed by atoms with Crippen LogP contribution in [0.3, 0.4) is 0 Å². The summed E-state index contributed by atoms with van der Waals surface area (Å²) < 4.78 is 0. The molecular formula is C18H22N2O6. The number of rotatable bonds is 7. The Morgan fingerprint density at radius 1 is 0.808 bits per heavy atom. The fourth-order valence-corrected chi connectivity index (χ4v) is 2.06. The molecule has 0 aliphatic rings. The Kier molecular flexibility index (Phi) is 8.96. The lowest BCUT2D eigenvalue weighted by Crippen LogP contribution is -2.38. The van der Waals surface area contributed by atoms with Crippen LogP contribution in [0.5, 0.6) is 0 Å². The van der Waals surface area contributed by atoms with Crippen LogP contribution >= 0.6 is 0 Å². The number of hydrogen-bond donors (Lipinski definition) is 5. The van der Waals surface area contributed by atoms with Gasteiger partial charge in [0.15, 0.2) is 6.04 Å². The van der Waals surface area contributed by atoms with Crippen LogP contribution in [-0.2, 0) is 22.4 Å². The van der Waals surface area contributed by atoms with E-state index in [9.17, 15) is 9.59 Å².